The third-order valence-electron chi connectivity index (χ3n) is 10.0. The fourth-order valence-corrected chi connectivity index (χ4v) is 7.31. The minimum atomic E-state index is -2.83. The van der Waals surface area contributed by atoms with Gasteiger partial charge in [0.1, 0.15) is 42.7 Å². The number of aliphatic hydroxyl groups is 4. The molecule has 4 fully saturated rings. The molecular weight excluding hydrogens is 626 g/mol. The van der Waals surface area contributed by atoms with Gasteiger partial charge in [-0.3, -0.25) is 9.59 Å². The molecule has 15 heteroatoms. The highest BCUT2D eigenvalue weighted by Crippen LogP contribution is 2.38. The lowest BCUT2D eigenvalue weighted by Crippen LogP contribution is -2.66. The van der Waals surface area contributed by atoms with Crippen LogP contribution in [0.5, 0.6) is 0 Å². The molecule has 2 saturated heterocycles. The largest absolute Gasteiger partial charge is 0.388 e. The van der Waals surface area contributed by atoms with Crippen LogP contribution in [0.3, 0.4) is 0 Å². The number of rotatable bonds is 11. The van der Waals surface area contributed by atoms with E-state index in [2.05, 4.69) is 5.32 Å². The molecule has 4 rings (SSSR count). The first-order valence-electron chi connectivity index (χ1n) is 17.0. The van der Waals surface area contributed by atoms with Crippen LogP contribution in [0.15, 0.2) is 0 Å². The lowest BCUT2D eigenvalue weighted by Gasteiger charge is -2.48. The Balaban J connectivity index is 1.60. The van der Waals surface area contributed by atoms with Gasteiger partial charge in [-0.1, -0.05) is 38.5 Å². The van der Waals surface area contributed by atoms with Gasteiger partial charge in [0.15, 0.2) is 12.6 Å². The molecule has 47 heavy (non-hydrogen) atoms. The van der Waals surface area contributed by atoms with Crippen LogP contribution in [0.4, 0.5) is 8.78 Å². The quantitative estimate of drug-likeness (QED) is 0.211. The summed E-state index contributed by atoms with van der Waals surface area (Å²) in [5, 5.41) is 45.0. The zero-order chi connectivity index (χ0) is 34.6. The third-order valence-corrected chi connectivity index (χ3v) is 10.0. The van der Waals surface area contributed by atoms with E-state index < -0.39 is 97.9 Å². The second kappa shape index (κ2) is 16.9. The van der Waals surface area contributed by atoms with E-state index in [-0.39, 0.29) is 24.7 Å². The van der Waals surface area contributed by atoms with Gasteiger partial charge in [-0.2, -0.15) is 0 Å². The lowest BCUT2D eigenvalue weighted by atomic mass is 9.84. The number of amides is 2. The van der Waals surface area contributed by atoms with E-state index in [1.54, 1.807) is 21.0 Å². The van der Waals surface area contributed by atoms with Gasteiger partial charge in [0.2, 0.25) is 12.3 Å². The number of nitrogens with one attached hydrogen (secondary N) is 1. The second-order valence-electron chi connectivity index (χ2n) is 13.9. The summed E-state index contributed by atoms with van der Waals surface area (Å²) in [4.78, 5) is 27.2. The van der Waals surface area contributed by atoms with Crippen molar-refractivity contribution in [1.29, 1.82) is 0 Å². The minimum Gasteiger partial charge on any atom is -0.388 e. The molecular formula is C32H54F2N2O11. The number of carbonyl (C=O) groups is 2. The number of alkyl halides is 2. The molecule has 272 valence electrons. The predicted octanol–water partition coefficient (Wildman–Crippen LogP) is 1.07. The molecule has 5 N–H and O–H groups in total. The molecule has 0 aromatic rings. The van der Waals surface area contributed by atoms with Crippen LogP contribution in [0.1, 0.15) is 78.6 Å². The van der Waals surface area contributed by atoms with Crippen molar-refractivity contribution in [2.45, 2.75) is 165 Å². The van der Waals surface area contributed by atoms with Gasteiger partial charge >= 0.3 is 0 Å². The van der Waals surface area contributed by atoms with Gasteiger partial charge < -0.3 is 54.3 Å². The normalized spacial score (nSPS) is 41.0. The van der Waals surface area contributed by atoms with Crippen molar-refractivity contribution in [3.8, 4) is 0 Å². The number of hydrogen-bond donors (Lipinski definition) is 5. The molecule has 0 aromatic carbocycles. The van der Waals surface area contributed by atoms with E-state index in [0.29, 0.717) is 12.8 Å². The number of ether oxygens (including phenoxy) is 5. The highest BCUT2D eigenvalue weighted by molar-refractivity contribution is 5.80. The van der Waals surface area contributed by atoms with Crippen molar-refractivity contribution in [2.24, 2.45) is 11.8 Å². The molecule has 2 amide bonds. The Morgan fingerprint density at radius 1 is 0.830 bits per heavy atom. The van der Waals surface area contributed by atoms with Gasteiger partial charge in [0.05, 0.1) is 24.4 Å². The summed E-state index contributed by atoms with van der Waals surface area (Å²) in [6, 6.07) is -1.14. The molecule has 0 spiro atoms. The Hall–Kier alpha value is -1.56. The zero-order valence-corrected chi connectivity index (χ0v) is 28.0. The average Bonchev–Trinajstić information content (AvgIpc) is 3.02. The molecule has 2 aliphatic carbocycles. The van der Waals surface area contributed by atoms with Crippen molar-refractivity contribution in [3.63, 3.8) is 0 Å². The summed E-state index contributed by atoms with van der Waals surface area (Å²) in [5.74, 6) is -1.86. The van der Waals surface area contributed by atoms with E-state index >= 15 is 0 Å². The van der Waals surface area contributed by atoms with E-state index in [1.807, 2.05) is 0 Å². The van der Waals surface area contributed by atoms with Crippen LogP contribution >= 0.6 is 0 Å². The fourth-order valence-electron chi connectivity index (χ4n) is 7.31. The summed E-state index contributed by atoms with van der Waals surface area (Å²) >= 11 is 0. The van der Waals surface area contributed by atoms with Crippen molar-refractivity contribution in [2.75, 3.05) is 14.1 Å². The van der Waals surface area contributed by atoms with Crippen molar-refractivity contribution >= 4 is 11.8 Å². The molecule has 0 radical (unpaired) electrons. The Bertz CT molecular complexity index is 1020. The molecule has 0 bridgehead atoms. The maximum Gasteiger partial charge on any atom is 0.251 e. The van der Waals surface area contributed by atoms with E-state index in [1.165, 1.54) is 18.7 Å². The van der Waals surface area contributed by atoms with Crippen LogP contribution < -0.4 is 5.32 Å². The first-order valence-corrected chi connectivity index (χ1v) is 17.0. The number of likely N-dealkylation sites (N-methyl/N-ethyl adjacent to an activating group) is 1. The van der Waals surface area contributed by atoms with E-state index in [4.69, 9.17) is 23.7 Å². The third kappa shape index (κ3) is 9.37. The van der Waals surface area contributed by atoms with Crippen molar-refractivity contribution < 1.29 is 62.5 Å². The van der Waals surface area contributed by atoms with Crippen LogP contribution in [0.2, 0.25) is 0 Å². The Morgan fingerprint density at radius 2 is 1.47 bits per heavy atom. The molecule has 13 nitrogen and oxygen atoms in total. The predicted molar refractivity (Wildman–Crippen MR) is 162 cm³/mol. The summed E-state index contributed by atoms with van der Waals surface area (Å²) in [6.07, 6.45) is -11.7. The van der Waals surface area contributed by atoms with Crippen LogP contribution in [0.25, 0.3) is 0 Å². The first kappa shape index (κ1) is 38.2. The van der Waals surface area contributed by atoms with Crippen molar-refractivity contribution in [1.82, 2.24) is 10.2 Å². The monoisotopic (exact) mass is 680 g/mol. The Kier molecular flexibility index (Phi) is 13.8. The second-order valence-corrected chi connectivity index (χ2v) is 13.9. The number of nitrogens with zero attached hydrogens (tertiary/aromatic N) is 1. The summed E-state index contributed by atoms with van der Waals surface area (Å²) < 4.78 is 59.1. The first-order chi connectivity index (χ1) is 22.2. The van der Waals surface area contributed by atoms with Gasteiger partial charge in [-0.05, 0) is 39.0 Å². The molecule has 14 atom stereocenters. The fraction of sp³-hybridized carbons (Fsp3) is 0.938. The van der Waals surface area contributed by atoms with Crippen LogP contribution in [-0.4, -0.2) is 137 Å². The van der Waals surface area contributed by atoms with Crippen molar-refractivity contribution in [3.05, 3.63) is 0 Å². The summed E-state index contributed by atoms with van der Waals surface area (Å²) in [5.41, 5.74) is 0. The molecule has 4 aliphatic rings. The average molecular weight is 681 g/mol. The summed E-state index contributed by atoms with van der Waals surface area (Å²) in [7, 11) is 3.24. The highest BCUT2D eigenvalue weighted by Gasteiger charge is 2.52. The van der Waals surface area contributed by atoms with E-state index in [0.717, 1.165) is 32.1 Å². The van der Waals surface area contributed by atoms with Gasteiger partial charge in [-0.15, -0.1) is 0 Å². The Morgan fingerprint density at radius 3 is 2.09 bits per heavy atom. The van der Waals surface area contributed by atoms with Gasteiger partial charge in [0, 0.05) is 26.9 Å². The number of carbonyl (C=O) groups excluding carboxylic acids is 2. The molecule has 2 saturated carbocycles. The highest BCUT2D eigenvalue weighted by atomic mass is 19.3. The maximum absolute atomic E-state index is 14.4. The maximum atomic E-state index is 14.4. The topological polar surface area (TPSA) is 176 Å². The molecule has 0 aromatic heterocycles. The summed E-state index contributed by atoms with van der Waals surface area (Å²) in [6.45, 7) is 4.31. The Labute approximate surface area is 275 Å². The minimum absolute atomic E-state index is 0.0860. The molecule has 2 aliphatic heterocycles. The van der Waals surface area contributed by atoms with E-state index in [9.17, 15) is 38.8 Å². The lowest BCUT2D eigenvalue weighted by molar-refractivity contribution is -0.338. The smallest absolute Gasteiger partial charge is 0.251 e. The number of hydrogen-bond acceptors (Lipinski definition) is 11. The zero-order valence-electron chi connectivity index (χ0n) is 28.0. The molecule has 2 heterocycles. The SMILES string of the molecule is CC(=O)NC1C(O[C@@H](CC2CCCCC2)C(=O)N(C)C)[C@@H](O)[C@H](C)O[C@H]1O[C@@H]1CCCC(C(F)F)[C@H]1OC1O[C@@H](C)[C@H](O)C(O)[C@@H]1O. The van der Waals surface area contributed by atoms with Gasteiger partial charge in [-0.25, -0.2) is 8.78 Å². The number of aliphatic hydroxyl groups excluding tert-OH is 4. The molecule has 5 unspecified atom stereocenters. The number of halogens is 2. The van der Waals surface area contributed by atoms with Gasteiger partial charge in [0.25, 0.3) is 5.91 Å². The standard InChI is InChI=1S/C32H54F2N2O11/c1-15-23(38)25(40)26(41)32(44-15)47-27-19(29(33)34)12-9-13-20(27)46-31-22(35-17(3)37)28(24(39)16(2)43-31)45-21(30(42)36(4)5)14-18-10-7-6-8-11-18/h15-16,18-29,31-32,38-41H,6-14H2,1-5H3,(H,35,37)/t15-,16-,19?,20+,21-,22?,23-,24-,25?,26-,27+,28?,31-,32?/m0/s1. The van der Waals surface area contributed by atoms with Crippen LogP contribution in [-0.2, 0) is 33.3 Å². The van der Waals surface area contributed by atoms with Crippen LogP contribution in [0, 0.1) is 11.8 Å².